The molecule has 1 N–H and O–H groups in total. The highest BCUT2D eigenvalue weighted by atomic mass is 16.6. The number of azide groups is 1. The molecular formula is C8H4N4O5. The fraction of sp³-hybridized carbons (Fsp3) is 0. The molecule has 0 spiro atoms. The normalized spacial score (nSPS) is 9.18. The van der Waals surface area contributed by atoms with Gasteiger partial charge in [-0.3, -0.25) is 14.9 Å². The van der Waals surface area contributed by atoms with Gasteiger partial charge in [0.2, 0.25) is 0 Å². The van der Waals surface area contributed by atoms with Gasteiger partial charge in [0.1, 0.15) is 5.56 Å². The molecule has 0 atom stereocenters. The van der Waals surface area contributed by atoms with Crippen molar-refractivity contribution in [1.29, 1.82) is 0 Å². The topological polar surface area (TPSA) is 146 Å². The number of nitro groups is 1. The molecule has 9 nitrogen and oxygen atoms in total. The van der Waals surface area contributed by atoms with Gasteiger partial charge in [0.25, 0.3) is 11.6 Å². The van der Waals surface area contributed by atoms with Crippen LogP contribution in [0.4, 0.5) is 5.69 Å². The van der Waals surface area contributed by atoms with Crippen LogP contribution in [0.15, 0.2) is 23.3 Å². The number of benzene rings is 1. The Labute approximate surface area is 93.1 Å². The van der Waals surface area contributed by atoms with E-state index in [9.17, 15) is 19.7 Å². The van der Waals surface area contributed by atoms with Crippen LogP contribution in [0.5, 0.6) is 0 Å². The molecule has 0 radical (unpaired) electrons. The van der Waals surface area contributed by atoms with Gasteiger partial charge in [0.15, 0.2) is 0 Å². The van der Waals surface area contributed by atoms with Gasteiger partial charge in [0.05, 0.1) is 10.5 Å². The molecule has 0 fully saturated rings. The van der Waals surface area contributed by atoms with Crippen LogP contribution in [-0.4, -0.2) is 21.9 Å². The van der Waals surface area contributed by atoms with E-state index >= 15 is 0 Å². The minimum atomic E-state index is -1.52. The third-order valence-electron chi connectivity index (χ3n) is 1.82. The number of rotatable bonds is 3. The summed E-state index contributed by atoms with van der Waals surface area (Å²) in [5.74, 6) is -2.83. The third kappa shape index (κ3) is 2.36. The first-order chi connectivity index (χ1) is 7.99. The molecule has 0 bridgehead atoms. The predicted octanol–water partition coefficient (Wildman–Crippen LogP) is 1.74. The van der Waals surface area contributed by atoms with Crippen molar-refractivity contribution in [3.63, 3.8) is 0 Å². The molecule has 0 aliphatic carbocycles. The first kappa shape index (κ1) is 12.1. The molecule has 0 heterocycles. The summed E-state index contributed by atoms with van der Waals surface area (Å²) in [6.07, 6.45) is 0. The maximum Gasteiger partial charge on any atom is 0.336 e. The van der Waals surface area contributed by atoms with Crippen molar-refractivity contribution in [2.75, 3.05) is 0 Å². The van der Waals surface area contributed by atoms with Gasteiger partial charge >= 0.3 is 5.97 Å². The van der Waals surface area contributed by atoms with Crippen molar-refractivity contribution >= 4 is 17.6 Å². The van der Waals surface area contributed by atoms with E-state index in [1.54, 1.807) is 0 Å². The van der Waals surface area contributed by atoms with E-state index in [2.05, 4.69) is 10.0 Å². The second-order valence-corrected chi connectivity index (χ2v) is 2.76. The Bertz CT molecular complexity index is 529. The van der Waals surface area contributed by atoms with E-state index < -0.39 is 33.6 Å². The zero-order valence-corrected chi connectivity index (χ0v) is 8.10. The van der Waals surface area contributed by atoms with Crippen LogP contribution in [0.3, 0.4) is 0 Å². The minimum Gasteiger partial charge on any atom is -0.478 e. The molecule has 1 aromatic rings. The number of carbonyl (C=O) groups excluding carboxylic acids is 1. The van der Waals surface area contributed by atoms with Crippen molar-refractivity contribution in [2.45, 2.75) is 0 Å². The Morgan fingerprint density at radius 1 is 1.47 bits per heavy atom. The van der Waals surface area contributed by atoms with E-state index in [1.165, 1.54) is 0 Å². The predicted molar refractivity (Wildman–Crippen MR) is 53.5 cm³/mol. The molecule has 17 heavy (non-hydrogen) atoms. The smallest absolute Gasteiger partial charge is 0.336 e. The van der Waals surface area contributed by atoms with Gasteiger partial charge in [-0.2, -0.15) is 0 Å². The molecule has 86 valence electrons. The Morgan fingerprint density at radius 3 is 2.59 bits per heavy atom. The second-order valence-electron chi connectivity index (χ2n) is 2.76. The van der Waals surface area contributed by atoms with E-state index in [4.69, 9.17) is 10.6 Å². The Morgan fingerprint density at radius 2 is 2.12 bits per heavy atom. The molecular weight excluding hydrogens is 232 g/mol. The van der Waals surface area contributed by atoms with E-state index in [0.717, 1.165) is 18.2 Å². The van der Waals surface area contributed by atoms with Crippen LogP contribution in [0.25, 0.3) is 10.4 Å². The number of aromatic carboxylic acids is 1. The van der Waals surface area contributed by atoms with Crippen LogP contribution in [-0.2, 0) is 0 Å². The second kappa shape index (κ2) is 4.73. The average Bonchev–Trinajstić information content (AvgIpc) is 2.28. The molecule has 0 aliphatic rings. The molecule has 1 rings (SSSR count). The number of carbonyl (C=O) groups is 2. The zero-order chi connectivity index (χ0) is 13.0. The number of carboxylic acid groups (broad SMARTS) is 1. The Hall–Kier alpha value is -2.93. The van der Waals surface area contributed by atoms with Gasteiger partial charge < -0.3 is 5.11 Å². The maximum absolute atomic E-state index is 11.3. The summed E-state index contributed by atoms with van der Waals surface area (Å²) in [6, 6.07) is 3.08. The number of hydrogen-bond donors (Lipinski definition) is 1. The van der Waals surface area contributed by atoms with Crippen LogP contribution in [0.1, 0.15) is 20.7 Å². The van der Waals surface area contributed by atoms with Gasteiger partial charge in [-0.05, 0) is 16.7 Å². The Kier molecular flexibility index (Phi) is 3.38. The van der Waals surface area contributed by atoms with Crippen LogP contribution >= 0.6 is 0 Å². The first-order valence-corrected chi connectivity index (χ1v) is 4.09. The van der Waals surface area contributed by atoms with Crippen LogP contribution in [0.2, 0.25) is 0 Å². The molecule has 0 saturated carbocycles. The summed E-state index contributed by atoms with van der Waals surface area (Å²) in [5, 5.41) is 22.1. The summed E-state index contributed by atoms with van der Waals surface area (Å²) >= 11 is 0. The summed E-state index contributed by atoms with van der Waals surface area (Å²) in [7, 11) is 0. The fourth-order valence-electron chi connectivity index (χ4n) is 1.19. The van der Waals surface area contributed by atoms with Crippen LogP contribution in [0, 0.1) is 10.1 Å². The molecule has 0 saturated heterocycles. The van der Waals surface area contributed by atoms with Gasteiger partial charge in [0, 0.05) is 11.0 Å². The first-order valence-electron chi connectivity index (χ1n) is 4.09. The number of hydrogen-bond acceptors (Lipinski definition) is 4. The van der Waals surface area contributed by atoms with Crippen molar-refractivity contribution in [1.82, 2.24) is 0 Å². The van der Waals surface area contributed by atoms with Crippen LogP contribution < -0.4 is 0 Å². The van der Waals surface area contributed by atoms with E-state index in [-0.39, 0.29) is 0 Å². The number of nitro benzene ring substituents is 1. The summed E-state index contributed by atoms with van der Waals surface area (Å²) < 4.78 is 0. The monoisotopic (exact) mass is 236 g/mol. The summed E-state index contributed by atoms with van der Waals surface area (Å²) in [6.45, 7) is 0. The molecule has 9 heteroatoms. The Balaban J connectivity index is 3.60. The quantitative estimate of drug-likeness (QED) is 0.279. The lowest BCUT2D eigenvalue weighted by molar-refractivity contribution is -0.385. The third-order valence-corrected chi connectivity index (χ3v) is 1.82. The lowest BCUT2D eigenvalue weighted by atomic mass is 10.1. The highest BCUT2D eigenvalue weighted by Crippen LogP contribution is 2.23. The summed E-state index contributed by atoms with van der Waals surface area (Å²) in [5.41, 5.74) is 6.04. The highest BCUT2D eigenvalue weighted by molar-refractivity contribution is 6.08. The van der Waals surface area contributed by atoms with Crippen molar-refractivity contribution < 1.29 is 19.6 Å². The number of carboxylic acids is 1. The van der Waals surface area contributed by atoms with E-state index in [1.807, 2.05) is 0 Å². The van der Waals surface area contributed by atoms with Gasteiger partial charge in [-0.25, -0.2) is 4.79 Å². The van der Waals surface area contributed by atoms with Gasteiger partial charge in [-0.1, -0.05) is 6.07 Å². The molecule has 0 aliphatic heterocycles. The number of amides is 1. The summed E-state index contributed by atoms with van der Waals surface area (Å²) in [4.78, 5) is 34.0. The molecule has 1 amide bonds. The van der Waals surface area contributed by atoms with Crippen molar-refractivity contribution in [3.8, 4) is 0 Å². The largest absolute Gasteiger partial charge is 0.478 e. The van der Waals surface area contributed by atoms with Crippen molar-refractivity contribution in [2.24, 2.45) is 5.11 Å². The molecule has 0 aromatic heterocycles. The highest BCUT2D eigenvalue weighted by Gasteiger charge is 2.26. The van der Waals surface area contributed by atoms with Gasteiger partial charge in [-0.15, -0.1) is 0 Å². The zero-order valence-electron chi connectivity index (χ0n) is 8.10. The fourth-order valence-corrected chi connectivity index (χ4v) is 1.19. The SMILES string of the molecule is [N-]=[N+]=NC(=O)c1c(C(=O)O)cccc1[N+](=O)[O-]. The lowest BCUT2D eigenvalue weighted by Crippen LogP contribution is -2.09. The standard InChI is InChI=1S/C8H4N4O5/c9-11-10-7(13)6-4(8(14)15)2-1-3-5(6)12(16)17/h1-3H,(H,14,15). The lowest BCUT2D eigenvalue weighted by Gasteiger charge is -2.02. The molecule has 0 unspecified atom stereocenters. The average molecular weight is 236 g/mol. The number of nitrogens with zero attached hydrogens (tertiary/aromatic N) is 4. The minimum absolute atomic E-state index is 0.586. The van der Waals surface area contributed by atoms with E-state index in [0.29, 0.717) is 0 Å². The molecule has 1 aromatic carbocycles. The maximum atomic E-state index is 11.3. The van der Waals surface area contributed by atoms with Crippen molar-refractivity contribution in [3.05, 3.63) is 49.9 Å².